The van der Waals surface area contributed by atoms with Gasteiger partial charge < -0.3 is 9.73 Å². The van der Waals surface area contributed by atoms with E-state index in [9.17, 15) is 0 Å². The Morgan fingerprint density at radius 2 is 1.86 bits per heavy atom. The van der Waals surface area contributed by atoms with Crippen molar-refractivity contribution < 1.29 is 4.42 Å². The molecule has 0 unspecified atom stereocenters. The van der Waals surface area contributed by atoms with Gasteiger partial charge in [0, 0.05) is 27.8 Å². The Hall–Kier alpha value is -1.97. The molecule has 1 heterocycles. The second-order valence-electron chi connectivity index (χ2n) is 4.53. The smallest absolute Gasteiger partial charge is 0.181 e. The van der Waals surface area contributed by atoms with Crippen LogP contribution in [0.25, 0.3) is 11.3 Å². The lowest BCUT2D eigenvalue weighted by Gasteiger charge is -2.09. The van der Waals surface area contributed by atoms with Gasteiger partial charge >= 0.3 is 0 Å². The molecule has 1 aromatic heterocycles. The van der Waals surface area contributed by atoms with Crippen LogP contribution >= 0.6 is 23.2 Å². The summed E-state index contributed by atoms with van der Waals surface area (Å²) in [5.41, 5.74) is 2.94. The summed E-state index contributed by atoms with van der Waals surface area (Å²) in [6.45, 7) is 0.612. The van der Waals surface area contributed by atoms with Crippen LogP contribution in [0.3, 0.4) is 0 Å². The van der Waals surface area contributed by atoms with E-state index in [1.165, 1.54) is 6.39 Å². The van der Waals surface area contributed by atoms with E-state index in [1.54, 1.807) is 18.3 Å². The molecule has 0 aliphatic carbocycles. The van der Waals surface area contributed by atoms with Crippen LogP contribution in [-0.2, 0) is 6.54 Å². The molecule has 0 atom stereocenters. The molecule has 3 aromatic rings. The summed E-state index contributed by atoms with van der Waals surface area (Å²) in [5, 5.41) is 4.69. The molecule has 0 aliphatic rings. The third-order valence-electron chi connectivity index (χ3n) is 3.09. The minimum Gasteiger partial charge on any atom is -0.444 e. The van der Waals surface area contributed by atoms with Gasteiger partial charge in [-0.05, 0) is 48.0 Å². The van der Waals surface area contributed by atoms with Crippen molar-refractivity contribution in [1.29, 1.82) is 0 Å². The topological polar surface area (TPSA) is 38.1 Å². The number of aromatic nitrogens is 1. The number of benzene rings is 2. The Kier molecular flexibility index (Phi) is 4.13. The molecule has 0 spiro atoms. The first-order valence-corrected chi connectivity index (χ1v) is 7.15. The highest BCUT2D eigenvalue weighted by molar-refractivity contribution is 6.33. The van der Waals surface area contributed by atoms with Crippen LogP contribution in [-0.4, -0.2) is 4.98 Å². The molecule has 2 aromatic carbocycles. The van der Waals surface area contributed by atoms with E-state index in [4.69, 9.17) is 27.6 Å². The zero-order chi connectivity index (χ0) is 14.7. The lowest BCUT2D eigenvalue weighted by molar-refractivity contribution is 0.572. The molecular weight excluding hydrogens is 307 g/mol. The van der Waals surface area contributed by atoms with Crippen molar-refractivity contribution in [3.05, 3.63) is 70.7 Å². The standard InChI is InChI=1S/C16H12Cl2N2O/c17-13-3-6-15(18)12(7-13)8-20-14-4-1-11(2-5-14)16-9-19-10-21-16/h1-7,9-10,20H,8H2. The number of anilines is 1. The van der Waals surface area contributed by atoms with Crippen molar-refractivity contribution in [3.8, 4) is 11.3 Å². The number of halogens is 2. The van der Waals surface area contributed by atoms with Crippen LogP contribution in [0.2, 0.25) is 10.0 Å². The highest BCUT2D eigenvalue weighted by atomic mass is 35.5. The number of rotatable bonds is 4. The first kappa shape index (κ1) is 14.0. The largest absolute Gasteiger partial charge is 0.444 e. The fourth-order valence-electron chi connectivity index (χ4n) is 1.99. The Balaban J connectivity index is 1.70. The van der Waals surface area contributed by atoms with E-state index >= 15 is 0 Å². The van der Waals surface area contributed by atoms with Crippen molar-refractivity contribution in [2.45, 2.75) is 6.54 Å². The molecule has 21 heavy (non-hydrogen) atoms. The van der Waals surface area contributed by atoms with Crippen molar-refractivity contribution in [2.75, 3.05) is 5.32 Å². The summed E-state index contributed by atoms with van der Waals surface area (Å²) in [6.07, 6.45) is 3.11. The average molecular weight is 319 g/mol. The third kappa shape index (κ3) is 3.38. The molecular formula is C16H12Cl2N2O. The molecule has 0 radical (unpaired) electrons. The Morgan fingerprint density at radius 3 is 2.57 bits per heavy atom. The van der Waals surface area contributed by atoms with Gasteiger partial charge in [-0.25, -0.2) is 4.98 Å². The first-order valence-electron chi connectivity index (χ1n) is 6.39. The quantitative estimate of drug-likeness (QED) is 0.713. The molecule has 0 fully saturated rings. The molecule has 3 rings (SSSR count). The number of nitrogens with one attached hydrogen (secondary N) is 1. The molecule has 0 saturated carbocycles. The number of hydrogen-bond acceptors (Lipinski definition) is 3. The molecule has 0 saturated heterocycles. The first-order chi connectivity index (χ1) is 10.2. The Bertz CT molecular complexity index is 725. The van der Waals surface area contributed by atoms with Crippen molar-refractivity contribution >= 4 is 28.9 Å². The molecule has 1 N–H and O–H groups in total. The summed E-state index contributed by atoms with van der Waals surface area (Å²) in [5.74, 6) is 0.749. The van der Waals surface area contributed by atoms with Crippen molar-refractivity contribution in [1.82, 2.24) is 4.98 Å². The average Bonchev–Trinajstić information content (AvgIpc) is 3.03. The SMILES string of the molecule is Clc1ccc(Cl)c(CNc2ccc(-c3cnco3)cc2)c1. The van der Waals surface area contributed by atoms with E-state index in [0.29, 0.717) is 16.6 Å². The van der Waals surface area contributed by atoms with Crippen LogP contribution in [0.15, 0.2) is 59.5 Å². The van der Waals surface area contributed by atoms with Gasteiger partial charge in [0.1, 0.15) is 0 Å². The van der Waals surface area contributed by atoms with Crippen LogP contribution in [0.1, 0.15) is 5.56 Å². The van der Waals surface area contributed by atoms with Gasteiger partial charge in [0.2, 0.25) is 0 Å². The van der Waals surface area contributed by atoms with Crippen molar-refractivity contribution in [2.24, 2.45) is 0 Å². The van der Waals surface area contributed by atoms with E-state index in [-0.39, 0.29) is 0 Å². The molecule has 0 bridgehead atoms. The highest BCUT2D eigenvalue weighted by Gasteiger charge is 2.03. The third-order valence-corrected chi connectivity index (χ3v) is 3.70. The second-order valence-corrected chi connectivity index (χ2v) is 5.38. The predicted octanol–water partition coefficient (Wildman–Crippen LogP) is 5.26. The summed E-state index contributed by atoms with van der Waals surface area (Å²) < 4.78 is 5.25. The summed E-state index contributed by atoms with van der Waals surface area (Å²) in [4.78, 5) is 3.91. The number of hydrogen-bond donors (Lipinski definition) is 1. The van der Waals surface area contributed by atoms with Gasteiger partial charge in [0.05, 0.1) is 6.20 Å². The predicted molar refractivity (Wildman–Crippen MR) is 85.7 cm³/mol. The molecule has 0 aliphatic heterocycles. The Morgan fingerprint density at radius 1 is 1.05 bits per heavy atom. The zero-order valence-corrected chi connectivity index (χ0v) is 12.5. The van der Waals surface area contributed by atoms with Gasteiger partial charge in [-0.15, -0.1) is 0 Å². The number of oxazole rings is 1. The zero-order valence-electron chi connectivity index (χ0n) is 11.0. The van der Waals surface area contributed by atoms with E-state index in [0.717, 1.165) is 22.6 Å². The monoisotopic (exact) mass is 318 g/mol. The van der Waals surface area contributed by atoms with Crippen LogP contribution < -0.4 is 5.32 Å². The normalized spacial score (nSPS) is 10.6. The fourth-order valence-corrected chi connectivity index (χ4v) is 2.37. The highest BCUT2D eigenvalue weighted by Crippen LogP contribution is 2.23. The van der Waals surface area contributed by atoms with Crippen molar-refractivity contribution in [3.63, 3.8) is 0 Å². The van der Waals surface area contributed by atoms with Gasteiger partial charge in [-0.2, -0.15) is 0 Å². The molecule has 0 amide bonds. The molecule has 5 heteroatoms. The maximum atomic E-state index is 6.14. The summed E-state index contributed by atoms with van der Waals surface area (Å²) in [7, 11) is 0. The number of nitrogens with zero attached hydrogens (tertiary/aromatic N) is 1. The van der Waals surface area contributed by atoms with Crippen LogP contribution in [0.4, 0.5) is 5.69 Å². The Labute approximate surface area is 132 Å². The van der Waals surface area contributed by atoms with Gasteiger partial charge in [-0.3, -0.25) is 0 Å². The molecule has 106 valence electrons. The maximum absolute atomic E-state index is 6.14. The van der Waals surface area contributed by atoms with Gasteiger partial charge in [0.15, 0.2) is 12.2 Å². The molecule has 3 nitrogen and oxygen atoms in total. The van der Waals surface area contributed by atoms with Crippen LogP contribution in [0.5, 0.6) is 0 Å². The van der Waals surface area contributed by atoms with Crippen LogP contribution in [0, 0.1) is 0 Å². The summed E-state index contributed by atoms with van der Waals surface area (Å²) >= 11 is 12.1. The minimum atomic E-state index is 0.612. The lowest BCUT2D eigenvalue weighted by atomic mass is 10.1. The summed E-state index contributed by atoms with van der Waals surface area (Å²) in [6, 6.07) is 13.4. The maximum Gasteiger partial charge on any atom is 0.181 e. The van der Waals surface area contributed by atoms with Gasteiger partial charge in [-0.1, -0.05) is 23.2 Å². The van der Waals surface area contributed by atoms with Gasteiger partial charge in [0.25, 0.3) is 0 Å². The van der Waals surface area contributed by atoms with E-state index < -0.39 is 0 Å². The van der Waals surface area contributed by atoms with E-state index in [2.05, 4.69) is 10.3 Å². The minimum absolute atomic E-state index is 0.612. The fraction of sp³-hybridized carbons (Fsp3) is 0.0625. The van der Waals surface area contributed by atoms with E-state index in [1.807, 2.05) is 30.3 Å². The second kappa shape index (κ2) is 6.20. The lowest BCUT2D eigenvalue weighted by Crippen LogP contribution is -1.99.